The van der Waals surface area contributed by atoms with Crippen LogP contribution in [0.5, 0.6) is 11.5 Å². The molecule has 0 radical (unpaired) electrons. The van der Waals surface area contributed by atoms with Gasteiger partial charge < -0.3 is 18.8 Å². The van der Waals surface area contributed by atoms with Crippen molar-refractivity contribution in [3.63, 3.8) is 0 Å². The first-order valence-corrected chi connectivity index (χ1v) is 8.68. The zero-order valence-corrected chi connectivity index (χ0v) is 16.0. The number of carbonyl (C=O) groups is 2. The third-order valence-corrected chi connectivity index (χ3v) is 3.99. The largest absolute Gasteiger partial charge is 0.460 e. The first kappa shape index (κ1) is 19.9. The number of carbonyl (C=O) groups excluding carboxylic acids is 2. The molecule has 29 heavy (non-hydrogen) atoms. The van der Waals surface area contributed by atoms with Crippen LogP contribution in [0.25, 0.3) is 11.0 Å². The average molecular weight is 398 g/mol. The zero-order valence-electron chi connectivity index (χ0n) is 16.0. The molecule has 2 aromatic carbocycles. The average Bonchev–Trinajstić information content (AvgIpc) is 3.10. The Bertz CT molecular complexity index is 1100. The van der Waals surface area contributed by atoms with Crippen LogP contribution in [-0.2, 0) is 4.74 Å². The van der Waals surface area contributed by atoms with E-state index in [0.29, 0.717) is 10.9 Å². The maximum absolute atomic E-state index is 12.1. The van der Waals surface area contributed by atoms with Gasteiger partial charge in [-0.3, -0.25) is 14.9 Å². The molecule has 0 bridgehead atoms. The predicted octanol–water partition coefficient (Wildman–Crippen LogP) is 4.01. The van der Waals surface area contributed by atoms with Gasteiger partial charge in [0.2, 0.25) is 11.5 Å². The molecule has 3 rings (SSSR count). The topological polar surface area (TPSA) is 112 Å². The second-order valence-electron chi connectivity index (χ2n) is 6.28. The number of furan rings is 1. The molecule has 0 aliphatic carbocycles. The summed E-state index contributed by atoms with van der Waals surface area (Å²) in [6.07, 6.45) is 0. The summed E-state index contributed by atoms with van der Waals surface area (Å²) in [5, 5.41) is 11.9. The van der Waals surface area contributed by atoms with E-state index in [2.05, 4.69) is 0 Å². The Balaban J connectivity index is 2.01. The van der Waals surface area contributed by atoms with Gasteiger partial charge in [0, 0.05) is 25.0 Å². The van der Waals surface area contributed by atoms with E-state index in [9.17, 15) is 19.7 Å². The number of nitrogens with zero attached hydrogens (tertiary/aromatic N) is 2. The quantitative estimate of drug-likeness (QED) is 0.350. The lowest BCUT2D eigenvalue weighted by Gasteiger charge is -2.11. The molecule has 0 N–H and O–H groups in total. The van der Waals surface area contributed by atoms with Crippen molar-refractivity contribution in [2.75, 3.05) is 20.7 Å². The van der Waals surface area contributed by atoms with Crippen molar-refractivity contribution in [2.45, 2.75) is 6.92 Å². The van der Waals surface area contributed by atoms with Gasteiger partial charge in [0.1, 0.15) is 11.3 Å². The summed E-state index contributed by atoms with van der Waals surface area (Å²) in [6, 6.07) is 10.3. The first-order valence-electron chi connectivity index (χ1n) is 8.68. The Morgan fingerprint density at radius 3 is 2.59 bits per heavy atom. The van der Waals surface area contributed by atoms with Crippen molar-refractivity contribution < 1.29 is 28.4 Å². The summed E-state index contributed by atoms with van der Waals surface area (Å²) >= 11 is 0. The highest BCUT2D eigenvalue weighted by molar-refractivity contribution is 5.95. The van der Waals surface area contributed by atoms with Crippen molar-refractivity contribution in [3.05, 3.63) is 63.9 Å². The molecule has 0 saturated heterocycles. The van der Waals surface area contributed by atoms with Gasteiger partial charge in [-0.2, -0.15) is 0 Å². The Hall–Kier alpha value is -3.88. The normalized spacial score (nSPS) is 10.6. The summed E-state index contributed by atoms with van der Waals surface area (Å²) in [5.41, 5.74) is 0.194. The fraction of sp³-hybridized carbons (Fsp3) is 0.200. The fourth-order valence-corrected chi connectivity index (χ4v) is 2.66. The van der Waals surface area contributed by atoms with Gasteiger partial charge >= 0.3 is 11.7 Å². The summed E-state index contributed by atoms with van der Waals surface area (Å²) in [6.45, 7) is 1.83. The van der Waals surface area contributed by atoms with Gasteiger partial charge in [0.15, 0.2) is 0 Å². The number of benzene rings is 2. The molecule has 3 aromatic rings. The van der Waals surface area contributed by atoms with Crippen LogP contribution in [0.15, 0.2) is 46.9 Å². The number of rotatable bonds is 6. The highest BCUT2D eigenvalue weighted by Crippen LogP contribution is 2.37. The van der Waals surface area contributed by atoms with Gasteiger partial charge in [0.25, 0.3) is 5.91 Å². The van der Waals surface area contributed by atoms with E-state index in [1.807, 2.05) is 0 Å². The SMILES string of the molecule is CCOC(=O)c1cc2cc(Oc3cccc(C(=O)N(C)C)c3)c([N+](=O)[O-])cc2o1. The molecule has 1 aromatic heterocycles. The molecule has 0 unspecified atom stereocenters. The van der Waals surface area contributed by atoms with E-state index in [4.69, 9.17) is 13.9 Å². The summed E-state index contributed by atoms with van der Waals surface area (Å²) in [4.78, 5) is 36.3. The minimum Gasteiger partial charge on any atom is -0.460 e. The van der Waals surface area contributed by atoms with Crippen molar-refractivity contribution in [1.82, 2.24) is 4.90 Å². The monoisotopic (exact) mass is 398 g/mol. The number of nitro groups is 1. The van der Waals surface area contributed by atoms with Crippen molar-refractivity contribution in [1.29, 1.82) is 0 Å². The molecule has 0 atom stereocenters. The highest BCUT2D eigenvalue weighted by atomic mass is 16.6. The minimum absolute atomic E-state index is 0.0480. The molecule has 0 aliphatic heterocycles. The molecule has 0 saturated carbocycles. The Morgan fingerprint density at radius 1 is 1.17 bits per heavy atom. The highest BCUT2D eigenvalue weighted by Gasteiger charge is 2.22. The summed E-state index contributed by atoms with van der Waals surface area (Å²) in [7, 11) is 3.24. The molecule has 9 nitrogen and oxygen atoms in total. The number of ether oxygens (including phenoxy) is 2. The maximum Gasteiger partial charge on any atom is 0.374 e. The molecule has 0 aliphatic rings. The predicted molar refractivity (Wildman–Crippen MR) is 103 cm³/mol. The smallest absolute Gasteiger partial charge is 0.374 e. The Kier molecular flexibility index (Phi) is 5.49. The Labute approximate surface area is 165 Å². The third kappa shape index (κ3) is 4.18. The van der Waals surface area contributed by atoms with Crippen LogP contribution in [0.3, 0.4) is 0 Å². The Morgan fingerprint density at radius 2 is 1.93 bits per heavy atom. The van der Waals surface area contributed by atoms with Crippen molar-refractivity contribution in [2.24, 2.45) is 0 Å². The molecular weight excluding hydrogens is 380 g/mol. The lowest BCUT2D eigenvalue weighted by atomic mass is 10.2. The van der Waals surface area contributed by atoms with Crippen LogP contribution < -0.4 is 4.74 Å². The van der Waals surface area contributed by atoms with E-state index in [1.165, 1.54) is 29.2 Å². The van der Waals surface area contributed by atoms with Crippen molar-refractivity contribution >= 4 is 28.5 Å². The van der Waals surface area contributed by atoms with Crippen LogP contribution in [0.4, 0.5) is 5.69 Å². The van der Waals surface area contributed by atoms with Crippen LogP contribution in [-0.4, -0.2) is 42.4 Å². The van der Waals surface area contributed by atoms with Crippen LogP contribution in [0.2, 0.25) is 0 Å². The summed E-state index contributed by atoms with van der Waals surface area (Å²) < 4.78 is 15.9. The fourth-order valence-electron chi connectivity index (χ4n) is 2.66. The number of fused-ring (bicyclic) bond motifs is 1. The van der Waals surface area contributed by atoms with E-state index < -0.39 is 10.9 Å². The molecule has 150 valence electrons. The van der Waals surface area contributed by atoms with Crippen molar-refractivity contribution in [3.8, 4) is 11.5 Å². The van der Waals surface area contributed by atoms with E-state index >= 15 is 0 Å². The van der Waals surface area contributed by atoms with Gasteiger partial charge in [-0.25, -0.2) is 4.79 Å². The number of hydrogen-bond acceptors (Lipinski definition) is 7. The standard InChI is InChI=1S/C20H18N2O7/c1-4-27-20(24)18-10-13-9-17(15(22(25)26)11-16(13)29-18)28-14-7-5-6-12(8-14)19(23)21(2)3/h5-11H,4H2,1-3H3. The third-order valence-electron chi connectivity index (χ3n) is 3.99. The van der Waals surface area contributed by atoms with Crippen LogP contribution >= 0.6 is 0 Å². The number of amides is 1. The maximum atomic E-state index is 12.1. The van der Waals surface area contributed by atoms with Gasteiger partial charge in [-0.05, 0) is 37.3 Å². The van der Waals surface area contributed by atoms with Gasteiger partial charge in [-0.15, -0.1) is 0 Å². The van der Waals surface area contributed by atoms with Crippen LogP contribution in [0.1, 0.15) is 27.8 Å². The second-order valence-corrected chi connectivity index (χ2v) is 6.28. The molecule has 9 heteroatoms. The van der Waals surface area contributed by atoms with Gasteiger partial charge in [0.05, 0.1) is 17.6 Å². The first-order chi connectivity index (χ1) is 13.8. The zero-order chi connectivity index (χ0) is 21.1. The molecular formula is C20H18N2O7. The number of nitro benzene ring substituents is 1. The number of hydrogen-bond donors (Lipinski definition) is 0. The lowest BCUT2D eigenvalue weighted by Crippen LogP contribution is -2.21. The molecule has 1 amide bonds. The lowest BCUT2D eigenvalue weighted by molar-refractivity contribution is -0.385. The molecule has 1 heterocycles. The second kappa shape index (κ2) is 8.01. The van der Waals surface area contributed by atoms with E-state index in [1.54, 1.807) is 39.2 Å². The minimum atomic E-state index is -0.663. The summed E-state index contributed by atoms with van der Waals surface area (Å²) in [5.74, 6) is -0.743. The van der Waals surface area contributed by atoms with E-state index in [-0.39, 0.29) is 41.0 Å². The number of esters is 1. The molecule has 0 spiro atoms. The van der Waals surface area contributed by atoms with Gasteiger partial charge in [-0.1, -0.05) is 6.07 Å². The molecule has 0 fully saturated rings. The van der Waals surface area contributed by atoms with Crippen LogP contribution in [0, 0.1) is 10.1 Å². The van der Waals surface area contributed by atoms with E-state index in [0.717, 1.165) is 0 Å².